The van der Waals surface area contributed by atoms with Crippen LogP contribution in [0.5, 0.6) is 0 Å². The van der Waals surface area contributed by atoms with E-state index in [9.17, 15) is 9.59 Å². The van der Waals surface area contributed by atoms with Crippen LogP contribution in [0.1, 0.15) is 48.0 Å². The third-order valence-corrected chi connectivity index (χ3v) is 6.58. The van der Waals surface area contributed by atoms with Gasteiger partial charge in [-0.25, -0.2) is 4.98 Å². The Labute approximate surface area is 192 Å². The summed E-state index contributed by atoms with van der Waals surface area (Å²) in [4.78, 5) is 29.2. The number of carbonyl (C=O) groups excluding carboxylic acids is 2. The van der Waals surface area contributed by atoms with Crippen LogP contribution < -0.4 is 10.6 Å². The summed E-state index contributed by atoms with van der Waals surface area (Å²) in [6.07, 6.45) is 9.41. The molecular formula is C25H28N4O2S. The van der Waals surface area contributed by atoms with Crippen LogP contribution in [0.15, 0.2) is 72.1 Å². The first-order chi connectivity index (χ1) is 15.7. The molecule has 1 saturated carbocycles. The lowest BCUT2D eigenvalue weighted by Crippen LogP contribution is -2.37. The summed E-state index contributed by atoms with van der Waals surface area (Å²) in [5.41, 5.74) is 2.56. The third kappa shape index (κ3) is 6.01. The van der Waals surface area contributed by atoms with Crippen LogP contribution >= 0.6 is 11.8 Å². The molecule has 32 heavy (non-hydrogen) atoms. The van der Waals surface area contributed by atoms with E-state index in [-0.39, 0.29) is 11.8 Å². The summed E-state index contributed by atoms with van der Waals surface area (Å²) in [6, 6.07) is 17.5. The van der Waals surface area contributed by atoms with Crippen molar-refractivity contribution in [3.8, 4) is 5.69 Å². The Bertz CT molecular complexity index is 1030. The summed E-state index contributed by atoms with van der Waals surface area (Å²) in [5.74, 6) is 0.287. The summed E-state index contributed by atoms with van der Waals surface area (Å²) in [5, 5.41) is 6.84. The maximum absolute atomic E-state index is 12.4. The number of carbonyl (C=O) groups is 2. The normalized spacial score (nSPS) is 14.1. The smallest absolute Gasteiger partial charge is 0.251 e. The molecule has 2 amide bonds. The molecule has 1 aromatic heterocycles. The molecule has 0 saturated heterocycles. The molecule has 1 aliphatic rings. The molecule has 0 atom stereocenters. The summed E-state index contributed by atoms with van der Waals surface area (Å²) in [6.45, 7) is 0.493. The average Bonchev–Trinajstić information content (AvgIpc) is 3.31. The molecule has 0 bridgehead atoms. The first-order valence-electron chi connectivity index (χ1n) is 11.1. The standard InChI is InChI=1S/C25H28N4O2S/c30-23(28-21-9-5-2-6-10-21)18-32-25-26-15-16-29(25)22-13-11-20(12-14-22)24(31)27-17-19-7-3-1-4-8-19/h1,3-4,7-8,11-16,21H,2,5-6,9-10,17-18H2,(H,27,31)(H,28,30). The Balaban J connectivity index is 1.32. The number of aromatic nitrogens is 2. The topological polar surface area (TPSA) is 76.0 Å². The Morgan fingerprint density at radius 3 is 2.50 bits per heavy atom. The van der Waals surface area contributed by atoms with Crippen molar-refractivity contribution in [2.45, 2.75) is 49.8 Å². The summed E-state index contributed by atoms with van der Waals surface area (Å²) in [7, 11) is 0. The van der Waals surface area contributed by atoms with Gasteiger partial charge in [-0.15, -0.1) is 0 Å². The van der Waals surface area contributed by atoms with Gasteiger partial charge >= 0.3 is 0 Å². The predicted molar refractivity (Wildman–Crippen MR) is 127 cm³/mol. The van der Waals surface area contributed by atoms with Crippen LogP contribution in [0, 0.1) is 0 Å². The highest BCUT2D eigenvalue weighted by molar-refractivity contribution is 7.99. The second-order valence-corrected chi connectivity index (χ2v) is 8.93. The van der Waals surface area contributed by atoms with E-state index < -0.39 is 0 Å². The van der Waals surface area contributed by atoms with Gasteiger partial charge in [0.15, 0.2) is 5.16 Å². The number of thioether (sulfide) groups is 1. The second-order valence-electron chi connectivity index (χ2n) is 7.99. The molecule has 3 aromatic rings. The van der Waals surface area contributed by atoms with E-state index in [1.807, 2.05) is 53.2 Å². The summed E-state index contributed by atoms with van der Waals surface area (Å²) < 4.78 is 1.93. The SMILES string of the molecule is O=C(CSc1nccn1-c1ccc(C(=O)NCc2ccccc2)cc1)NC1CCCCC1. The Morgan fingerprint density at radius 1 is 1.00 bits per heavy atom. The molecule has 1 heterocycles. The van der Waals surface area contributed by atoms with E-state index in [1.54, 1.807) is 18.3 Å². The fraction of sp³-hybridized carbons (Fsp3) is 0.320. The molecule has 6 nitrogen and oxygen atoms in total. The number of nitrogens with one attached hydrogen (secondary N) is 2. The first kappa shape index (κ1) is 22.1. The van der Waals surface area contributed by atoms with E-state index in [0.717, 1.165) is 29.2 Å². The molecule has 1 fully saturated rings. The molecule has 166 valence electrons. The number of hydrogen-bond acceptors (Lipinski definition) is 4. The van der Waals surface area contributed by atoms with Gasteiger partial charge in [0.05, 0.1) is 5.75 Å². The Kier molecular flexibility index (Phi) is 7.61. The lowest BCUT2D eigenvalue weighted by molar-refractivity contribution is -0.119. The lowest BCUT2D eigenvalue weighted by atomic mass is 9.95. The molecule has 0 aliphatic heterocycles. The Morgan fingerprint density at radius 2 is 1.75 bits per heavy atom. The maximum Gasteiger partial charge on any atom is 0.251 e. The van der Waals surface area contributed by atoms with Crippen LogP contribution in [-0.4, -0.2) is 33.2 Å². The van der Waals surface area contributed by atoms with Gasteiger partial charge < -0.3 is 10.6 Å². The molecule has 4 rings (SSSR count). The lowest BCUT2D eigenvalue weighted by Gasteiger charge is -2.22. The highest BCUT2D eigenvalue weighted by Gasteiger charge is 2.16. The zero-order valence-corrected chi connectivity index (χ0v) is 18.8. The van der Waals surface area contributed by atoms with Crippen LogP contribution in [0.2, 0.25) is 0 Å². The van der Waals surface area contributed by atoms with Crippen LogP contribution in [-0.2, 0) is 11.3 Å². The number of hydrogen-bond donors (Lipinski definition) is 2. The third-order valence-electron chi connectivity index (χ3n) is 5.61. The van der Waals surface area contributed by atoms with Gasteiger partial charge in [-0.05, 0) is 42.7 Å². The Hall–Kier alpha value is -3.06. The van der Waals surface area contributed by atoms with Crippen LogP contribution in [0.3, 0.4) is 0 Å². The number of benzene rings is 2. The minimum Gasteiger partial charge on any atom is -0.353 e. The highest BCUT2D eigenvalue weighted by Crippen LogP contribution is 2.22. The van der Waals surface area contributed by atoms with Crippen molar-refractivity contribution in [3.05, 3.63) is 78.1 Å². The van der Waals surface area contributed by atoms with E-state index in [4.69, 9.17) is 0 Å². The van der Waals surface area contributed by atoms with E-state index >= 15 is 0 Å². The molecule has 0 unspecified atom stereocenters. The largest absolute Gasteiger partial charge is 0.353 e. The van der Waals surface area contributed by atoms with Gasteiger partial charge in [0.1, 0.15) is 0 Å². The van der Waals surface area contributed by atoms with Crippen molar-refractivity contribution >= 4 is 23.6 Å². The van der Waals surface area contributed by atoms with Crippen molar-refractivity contribution in [1.29, 1.82) is 0 Å². The molecule has 7 heteroatoms. The molecule has 0 spiro atoms. The minimum atomic E-state index is -0.111. The van der Waals surface area contributed by atoms with Crippen molar-refractivity contribution in [1.82, 2.24) is 20.2 Å². The van der Waals surface area contributed by atoms with Gasteiger partial charge in [-0.2, -0.15) is 0 Å². The number of amides is 2. The van der Waals surface area contributed by atoms with E-state index in [0.29, 0.717) is 23.9 Å². The van der Waals surface area contributed by atoms with Gasteiger partial charge in [-0.3, -0.25) is 14.2 Å². The van der Waals surface area contributed by atoms with Crippen molar-refractivity contribution in [2.24, 2.45) is 0 Å². The molecule has 2 aromatic carbocycles. The molecular weight excluding hydrogens is 420 g/mol. The minimum absolute atomic E-state index is 0.0573. The van der Waals surface area contributed by atoms with Crippen LogP contribution in [0.4, 0.5) is 0 Å². The first-order valence-corrected chi connectivity index (χ1v) is 12.1. The molecule has 1 aliphatic carbocycles. The van der Waals surface area contributed by atoms with Crippen LogP contribution in [0.25, 0.3) is 5.69 Å². The monoisotopic (exact) mass is 448 g/mol. The zero-order valence-electron chi connectivity index (χ0n) is 18.0. The number of imidazole rings is 1. The summed E-state index contributed by atoms with van der Waals surface area (Å²) >= 11 is 1.42. The second kappa shape index (κ2) is 11.0. The van der Waals surface area contributed by atoms with E-state index in [2.05, 4.69) is 15.6 Å². The molecule has 2 N–H and O–H groups in total. The quantitative estimate of drug-likeness (QED) is 0.503. The zero-order chi connectivity index (χ0) is 22.2. The van der Waals surface area contributed by atoms with E-state index in [1.165, 1.54) is 31.0 Å². The van der Waals surface area contributed by atoms with Crippen molar-refractivity contribution in [2.75, 3.05) is 5.75 Å². The fourth-order valence-electron chi connectivity index (χ4n) is 3.89. The number of rotatable bonds is 8. The highest BCUT2D eigenvalue weighted by atomic mass is 32.2. The maximum atomic E-state index is 12.4. The fourth-order valence-corrected chi connectivity index (χ4v) is 4.68. The van der Waals surface area contributed by atoms with Gasteiger partial charge in [-0.1, -0.05) is 61.4 Å². The number of nitrogens with zero attached hydrogens (tertiary/aromatic N) is 2. The molecule has 0 radical (unpaired) electrons. The van der Waals surface area contributed by atoms with Gasteiger partial charge in [0.25, 0.3) is 5.91 Å². The van der Waals surface area contributed by atoms with Gasteiger partial charge in [0.2, 0.25) is 5.91 Å². The predicted octanol–water partition coefficient (Wildman–Crippen LogP) is 4.34. The van der Waals surface area contributed by atoms with Crippen molar-refractivity contribution < 1.29 is 9.59 Å². The average molecular weight is 449 g/mol. The van der Waals surface area contributed by atoms with Crippen molar-refractivity contribution in [3.63, 3.8) is 0 Å². The van der Waals surface area contributed by atoms with Gasteiger partial charge in [0, 0.05) is 36.2 Å².